The zero-order chi connectivity index (χ0) is 25.4. The summed E-state index contributed by atoms with van der Waals surface area (Å²) < 4.78 is 47.0. The maximum atomic E-state index is 13.9. The van der Waals surface area contributed by atoms with Gasteiger partial charge in [0, 0.05) is 12.0 Å². The number of hydrogen-bond donors (Lipinski definition) is 3. The quantitative estimate of drug-likeness (QED) is 0.563. The maximum Gasteiger partial charge on any atom is 0.420 e. The molecule has 3 atom stereocenters. The summed E-state index contributed by atoms with van der Waals surface area (Å²) in [5.41, 5.74) is 0.390. The minimum Gasteiger partial charge on any atom is -0.481 e. The van der Waals surface area contributed by atoms with Crippen LogP contribution in [0.15, 0.2) is 48.5 Å². The number of alkyl halides is 3. The van der Waals surface area contributed by atoms with Crippen LogP contribution in [0.4, 0.5) is 18.0 Å². The summed E-state index contributed by atoms with van der Waals surface area (Å²) in [6, 6.07) is 14.0. The van der Waals surface area contributed by atoms with E-state index in [2.05, 4.69) is 5.32 Å². The number of benzene rings is 2. The van der Waals surface area contributed by atoms with Gasteiger partial charge in [-0.15, -0.1) is 0 Å². The molecule has 2 aromatic rings. The lowest BCUT2D eigenvalue weighted by molar-refractivity contribution is -0.194. The van der Waals surface area contributed by atoms with Gasteiger partial charge in [0.1, 0.15) is 6.61 Å². The second kappa shape index (κ2) is 9.24. The third-order valence-corrected chi connectivity index (χ3v) is 6.87. The highest BCUT2D eigenvalue weighted by molar-refractivity contribution is 5.91. The van der Waals surface area contributed by atoms with E-state index in [1.54, 1.807) is 5.32 Å². The molecular weight excluding hydrogens is 465 g/mol. The Hall–Kier alpha value is -3.56. The zero-order valence-corrected chi connectivity index (χ0v) is 18.9. The van der Waals surface area contributed by atoms with Gasteiger partial charge >= 0.3 is 18.2 Å². The van der Waals surface area contributed by atoms with Crippen LogP contribution in [0.2, 0.25) is 0 Å². The highest BCUT2D eigenvalue weighted by atomic mass is 19.4. The molecule has 2 aromatic carbocycles. The van der Waals surface area contributed by atoms with Gasteiger partial charge < -0.3 is 15.2 Å². The number of carbonyl (C=O) groups is 3. The highest BCUT2D eigenvalue weighted by Gasteiger charge is 2.59. The Balaban J connectivity index is 1.47. The molecule has 2 amide bonds. The zero-order valence-electron chi connectivity index (χ0n) is 18.9. The molecule has 0 aliphatic heterocycles. The van der Waals surface area contributed by atoms with Crippen molar-refractivity contribution in [3.63, 3.8) is 0 Å². The molecule has 35 heavy (non-hydrogen) atoms. The number of ether oxygens (including phenoxy) is 1. The average molecular weight is 490 g/mol. The Bertz CT molecular complexity index is 1110. The van der Waals surface area contributed by atoms with Gasteiger partial charge in [-0.1, -0.05) is 55.0 Å². The number of aliphatic carboxylic acids is 1. The number of hydrogen-bond acceptors (Lipinski definition) is 4. The second-order valence-corrected chi connectivity index (χ2v) is 9.03. The summed E-state index contributed by atoms with van der Waals surface area (Å²) in [6.45, 7) is 0.313. The number of halogens is 3. The van der Waals surface area contributed by atoms with Crippen LogP contribution in [-0.2, 0) is 14.3 Å². The van der Waals surface area contributed by atoms with Crippen molar-refractivity contribution in [1.29, 1.82) is 0 Å². The van der Waals surface area contributed by atoms with Crippen molar-refractivity contribution in [2.45, 2.75) is 49.9 Å². The second-order valence-electron chi connectivity index (χ2n) is 9.03. The molecule has 7 nitrogen and oxygen atoms in total. The lowest BCUT2D eigenvalue weighted by Gasteiger charge is -2.33. The van der Waals surface area contributed by atoms with Crippen molar-refractivity contribution in [3.8, 4) is 11.1 Å². The van der Waals surface area contributed by atoms with Crippen molar-refractivity contribution >= 4 is 18.0 Å². The Labute approximate surface area is 199 Å². The molecule has 10 heteroatoms. The van der Waals surface area contributed by atoms with E-state index in [1.165, 1.54) is 0 Å². The minimum absolute atomic E-state index is 0.223. The summed E-state index contributed by atoms with van der Waals surface area (Å²) >= 11 is 0. The van der Waals surface area contributed by atoms with Crippen molar-refractivity contribution in [1.82, 2.24) is 10.6 Å². The minimum atomic E-state index is -5.15. The first kappa shape index (κ1) is 24.6. The molecule has 1 fully saturated rings. The third kappa shape index (κ3) is 4.56. The molecular formula is C25H25F3N2O5. The summed E-state index contributed by atoms with van der Waals surface area (Å²) in [4.78, 5) is 36.5. The van der Waals surface area contributed by atoms with Gasteiger partial charge in [-0.25, -0.2) is 4.79 Å². The van der Waals surface area contributed by atoms with Gasteiger partial charge in [0.2, 0.25) is 5.54 Å². The average Bonchev–Trinajstić information content (AvgIpc) is 3.39. The first-order valence-corrected chi connectivity index (χ1v) is 11.3. The molecule has 0 aromatic heterocycles. The first-order chi connectivity index (χ1) is 16.5. The number of carboxylic acids is 1. The van der Waals surface area contributed by atoms with E-state index < -0.39 is 41.6 Å². The number of amides is 2. The molecule has 2 aliphatic carbocycles. The van der Waals surface area contributed by atoms with Gasteiger partial charge in [-0.2, -0.15) is 13.2 Å². The van der Waals surface area contributed by atoms with Crippen molar-refractivity contribution in [2.24, 2.45) is 5.92 Å². The largest absolute Gasteiger partial charge is 0.481 e. The molecule has 0 saturated heterocycles. The predicted octanol–water partition coefficient (Wildman–Crippen LogP) is 4.22. The fourth-order valence-corrected chi connectivity index (χ4v) is 4.84. The highest BCUT2D eigenvalue weighted by Crippen LogP contribution is 2.44. The standard InChI is InChI=1S/C25H25F3N2O5/c1-24(25(26,27)28,22(33)29-20-12-6-11-18(20)21(31)32)30-23(34)35-13-19-16-9-4-2-7-14(16)15-8-3-5-10-17(15)19/h2-5,7-10,18-20H,6,11-13H2,1H3,(H,29,33)(H,30,34)(H,31,32)/t18-,20+,24?/m1/s1. The normalized spacial score (nSPS) is 20.9. The van der Waals surface area contributed by atoms with Gasteiger partial charge in [-0.05, 0) is 42.0 Å². The Morgan fingerprint density at radius 3 is 2.11 bits per heavy atom. The monoisotopic (exact) mass is 490 g/mol. The van der Waals surface area contributed by atoms with Crippen molar-refractivity contribution < 1.29 is 37.4 Å². The molecule has 1 saturated carbocycles. The molecule has 0 radical (unpaired) electrons. The van der Waals surface area contributed by atoms with E-state index in [4.69, 9.17) is 4.74 Å². The first-order valence-electron chi connectivity index (χ1n) is 11.3. The number of alkyl carbamates (subject to hydrolysis) is 1. The third-order valence-electron chi connectivity index (χ3n) is 6.87. The molecule has 186 valence electrons. The van der Waals surface area contributed by atoms with E-state index in [1.807, 2.05) is 48.5 Å². The van der Waals surface area contributed by atoms with Gasteiger partial charge in [-0.3, -0.25) is 14.9 Å². The van der Waals surface area contributed by atoms with Crippen LogP contribution in [0, 0.1) is 5.92 Å². The van der Waals surface area contributed by atoms with E-state index in [-0.39, 0.29) is 25.4 Å². The number of fused-ring (bicyclic) bond motifs is 3. The van der Waals surface area contributed by atoms with Gasteiger partial charge in [0.05, 0.1) is 5.92 Å². The van der Waals surface area contributed by atoms with Crippen LogP contribution in [0.1, 0.15) is 43.2 Å². The van der Waals surface area contributed by atoms with Crippen molar-refractivity contribution in [3.05, 3.63) is 59.7 Å². The van der Waals surface area contributed by atoms with Crippen LogP contribution in [0.3, 0.4) is 0 Å². The fraction of sp³-hybridized carbons (Fsp3) is 0.400. The lowest BCUT2D eigenvalue weighted by Crippen LogP contribution is -2.66. The topological polar surface area (TPSA) is 105 Å². The number of carboxylic acid groups (broad SMARTS) is 1. The molecule has 2 aliphatic rings. The maximum absolute atomic E-state index is 13.9. The molecule has 3 N–H and O–H groups in total. The molecule has 4 rings (SSSR count). The molecule has 1 unspecified atom stereocenters. The van der Waals surface area contributed by atoms with Crippen LogP contribution in [0.25, 0.3) is 11.1 Å². The van der Waals surface area contributed by atoms with Crippen molar-refractivity contribution in [2.75, 3.05) is 6.61 Å². The smallest absolute Gasteiger partial charge is 0.420 e. The fourth-order valence-electron chi connectivity index (χ4n) is 4.84. The van der Waals surface area contributed by atoms with Gasteiger partial charge in [0.25, 0.3) is 5.91 Å². The number of rotatable bonds is 6. The summed E-state index contributed by atoms with van der Waals surface area (Å²) in [5, 5.41) is 13.1. The molecule has 0 heterocycles. The Morgan fingerprint density at radius 2 is 1.57 bits per heavy atom. The van der Waals surface area contributed by atoms with Crippen LogP contribution in [0.5, 0.6) is 0 Å². The summed E-state index contributed by atoms with van der Waals surface area (Å²) in [7, 11) is 0. The van der Waals surface area contributed by atoms with Gasteiger partial charge in [0.15, 0.2) is 0 Å². The predicted molar refractivity (Wildman–Crippen MR) is 120 cm³/mol. The lowest BCUT2D eigenvalue weighted by atomic mass is 9.97. The van der Waals surface area contributed by atoms with E-state index in [0.717, 1.165) is 22.3 Å². The molecule has 0 spiro atoms. The summed E-state index contributed by atoms with van der Waals surface area (Å²) in [6.07, 6.45) is -5.60. The Kier molecular flexibility index (Phi) is 6.48. The SMILES string of the molecule is CC(NC(=O)OCC1c2ccccc2-c2ccccc21)(C(=O)N[C@H]1CCC[C@H]1C(=O)O)C(F)(F)F. The van der Waals surface area contributed by atoms with E-state index in [9.17, 15) is 32.7 Å². The summed E-state index contributed by atoms with van der Waals surface area (Å²) in [5.74, 6) is -4.07. The Morgan fingerprint density at radius 1 is 1.00 bits per heavy atom. The van der Waals surface area contributed by atoms with E-state index in [0.29, 0.717) is 13.3 Å². The van der Waals surface area contributed by atoms with E-state index >= 15 is 0 Å². The van der Waals surface area contributed by atoms with Crippen LogP contribution in [-0.4, -0.2) is 47.4 Å². The number of nitrogens with one attached hydrogen (secondary N) is 2. The van der Waals surface area contributed by atoms with Crippen LogP contribution >= 0.6 is 0 Å². The molecule has 0 bridgehead atoms. The van der Waals surface area contributed by atoms with Crippen LogP contribution < -0.4 is 10.6 Å². The number of carbonyl (C=O) groups excluding carboxylic acids is 2.